The van der Waals surface area contributed by atoms with Gasteiger partial charge in [0.25, 0.3) is 0 Å². The molecule has 0 amide bonds. The van der Waals surface area contributed by atoms with Crippen molar-refractivity contribution in [1.82, 2.24) is 9.13 Å². The number of benzene rings is 3. The summed E-state index contributed by atoms with van der Waals surface area (Å²) in [6, 6.07) is 24.1. The molecule has 3 aromatic carbocycles. The smallest absolute Gasteiger partial charge is 0.337 e. The van der Waals surface area contributed by atoms with E-state index in [-0.39, 0.29) is 5.97 Å². The minimum absolute atomic E-state index is 0.342. The van der Waals surface area contributed by atoms with Crippen LogP contribution >= 0.6 is 11.3 Å². The zero-order chi connectivity index (χ0) is 25.8. The van der Waals surface area contributed by atoms with Gasteiger partial charge in [0.05, 0.1) is 42.5 Å². The molecular weight excluding hydrogens is 482 g/mol. The molecule has 7 heteroatoms. The summed E-state index contributed by atoms with van der Waals surface area (Å²) in [5.74, 6) is 0.502. The minimum Gasteiger partial charge on any atom is -0.494 e. The van der Waals surface area contributed by atoms with Gasteiger partial charge in [-0.3, -0.25) is 0 Å². The molecule has 0 saturated carbocycles. The Bertz CT molecular complexity index is 1580. The topological polar surface area (TPSA) is 57.8 Å². The Morgan fingerprint density at radius 3 is 2.41 bits per heavy atom. The first-order valence-corrected chi connectivity index (χ1v) is 13.2. The van der Waals surface area contributed by atoms with Crippen LogP contribution in [0.15, 0.2) is 88.5 Å². The highest BCUT2D eigenvalue weighted by Gasteiger charge is 2.13. The Labute approximate surface area is 220 Å². The van der Waals surface area contributed by atoms with Crippen molar-refractivity contribution in [3.63, 3.8) is 0 Å². The van der Waals surface area contributed by atoms with E-state index in [2.05, 4.69) is 69.3 Å². The second-order valence-corrected chi connectivity index (χ2v) is 9.58. The molecule has 37 heavy (non-hydrogen) atoms. The summed E-state index contributed by atoms with van der Waals surface area (Å²) in [6.07, 6.45) is 0.953. The fourth-order valence-corrected chi connectivity index (χ4v) is 4.98. The number of hydrogen-bond donors (Lipinski definition) is 0. The van der Waals surface area contributed by atoms with Crippen molar-refractivity contribution in [3.05, 3.63) is 100 Å². The maximum Gasteiger partial charge on any atom is 0.337 e. The van der Waals surface area contributed by atoms with Gasteiger partial charge in [0.15, 0.2) is 0 Å². The lowest BCUT2D eigenvalue weighted by molar-refractivity contribution is 0.0600. The summed E-state index contributed by atoms with van der Waals surface area (Å²) in [5.41, 5.74) is 7.76. The van der Waals surface area contributed by atoms with Crippen LogP contribution in [0.1, 0.15) is 29.3 Å². The second kappa shape index (κ2) is 10.9. The van der Waals surface area contributed by atoms with Crippen molar-refractivity contribution in [1.29, 1.82) is 0 Å². The Morgan fingerprint density at radius 1 is 0.946 bits per heavy atom. The van der Waals surface area contributed by atoms with Gasteiger partial charge < -0.3 is 18.6 Å². The number of hydrogen-bond acceptors (Lipinski definition) is 5. The first-order valence-electron chi connectivity index (χ1n) is 12.2. The van der Waals surface area contributed by atoms with Crippen molar-refractivity contribution < 1.29 is 14.3 Å². The number of carbonyl (C=O) groups excluding carboxylic acids is 1. The van der Waals surface area contributed by atoms with Gasteiger partial charge in [0.2, 0.25) is 5.62 Å². The van der Waals surface area contributed by atoms with E-state index < -0.39 is 0 Å². The highest BCUT2D eigenvalue weighted by atomic mass is 32.1. The zero-order valence-electron chi connectivity index (χ0n) is 21.2. The molecule has 2 heterocycles. The molecule has 0 atom stereocenters. The lowest BCUT2D eigenvalue weighted by Gasteiger charge is -2.08. The third kappa shape index (κ3) is 5.22. The molecule has 5 rings (SSSR count). The van der Waals surface area contributed by atoms with Crippen LogP contribution in [0, 0.1) is 0 Å². The number of imidazole rings is 1. The lowest BCUT2D eigenvalue weighted by atomic mass is 10.1. The number of aromatic nitrogens is 2. The minimum atomic E-state index is -0.342. The summed E-state index contributed by atoms with van der Waals surface area (Å²) < 4.78 is 15.0. The van der Waals surface area contributed by atoms with E-state index in [0.29, 0.717) is 18.7 Å². The lowest BCUT2D eigenvalue weighted by Crippen LogP contribution is -2.24. The molecule has 188 valence electrons. The predicted octanol–water partition coefficient (Wildman–Crippen LogP) is 6.56. The van der Waals surface area contributed by atoms with Crippen LogP contribution in [0.25, 0.3) is 22.2 Å². The number of nitrogens with zero attached hydrogens (tertiary/aromatic N) is 3. The summed E-state index contributed by atoms with van der Waals surface area (Å²) >= 11 is 1.69. The van der Waals surface area contributed by atoms with Gasteiger partial charge in [-0.15, -0.1) is 0 Å². The third-order valence-corrected chi connectivity index (χ3v) is 6.96. The van der Waals surface area contributed by atoms with Crippen molar-refractivity contribution in [2.24, 2.45) is 12.0 Å². The summed E-state index contributed by atoms with van der Waals surface area (Å²) in [6.45, 7) is 3.37. The normalized spacial score (nSPS) is 11.7. The van der Waals surface area contributed by atoms with E-state index >= 15 is 0 Å². The molecule has 0 aliphatic rings. The molecule has 0 radical (unpaired) electrons. The molecule has 0 fully saturated rings. The molecule has 0 N–H and O–H groups in total. The second-order valence-electron chi connectivity index (χ2n) is 8.80. The molecule has 2 aromatic heterocycles. The predicted molar refractivity (Wildman–Crippen MR) is 149 cm³/mol. The fraction of sp³-hybridized carbons (Fsp3) is 0.200. The van der Waals surface area contributed by atoms with Crippen molar-refractivity contribution >= 4 is 34.0 Å². The van der Waals surface area contributed by atoms with Gasteiger partial charge in [-0.25, -0.2) is 9.79 Å². The van der Waals surface area contributed by atoms with Gasteiger partial charge >= 0.3 is 5.97 Å². The standard InChI is InChI=1S/C30H29N3O3S/c1-4-16-36-26-13-14-27-28(18-26)32(2)30(31-25-11-9-22(10-12-25)24-15-17-37-20-24)33(27)19-21-5-7-23(8-6-21)29(34)35-3/h5-15,17-18,20H,4,16,19H2,1-3H3. The van der Waals surface area contributed by atoms with Crippen LogP contribution in [-0.2, 0) is 18.3 Å². The van der Waals surface area contributed by atoms with Crippen LogP contribution in [-0.4, -0.2) is 28.8 Å². The third-order valence-electron chi connectivity index (χ3n) is 6.28. The quantitative estimate of drug-likeness (QED) is 0.222. The largest absolute Gasteiger partial charge is 0.494 e. The van der Waals surface area contributed by atoms with Crippen LogP contribution in [0.4, 0.5) is 5.69 Å². The Hall–Kier alpha value is -4.10. The van der Waals surface area contributed by atoms with E-state index in [4.69, 9.17) is 14.5 Å². The fourth-order valence-electron chi connectivity index (χ4n) is 4.32. The van der Waals surface area contributed by atoms with E-state index in [1.165, 1.54) is 18.2 Å². The monoisotopic (exact) mass is 511 g/mol. The molecule has 0 aliphatic carbocycles. The first kappa shape index (κ1) is 24.6. The van der Waals surface area contributed by atoms with Gasteiger partial charge in [-0.2, -0.15) is 11.3 Å². The number of fused-ring (bicyclic) bond motifs is 1. The number of esters is 1. The summed E-state index contributed by atoms with van der Waals surface area (Å²) in [7, 11) is 3.42. The van der Waals surface area contributed by atoms with E-state index in [0.717, 1.165) is 40.1 Å². The first-order chi connectivity index (χ1) is 18.1. The SMILES string of the molecule is CCCOc1ccc2c(c1)n(C)c(=Nc1ccc(-c3ccsc3)cc1)n2Cc1ccc(C(=O)OC)cc1. The molecule has 0 aliphatic heterocycles. The highest BCUT2D eigenvalue weighted by Crippen LogP contribution is 2.25. The Balaban J connectivity index is 1.59. The molecule has 0 unspecified atom stereocenters. The van der Waals surface area contributed by atoms with Gasteiger partial charge in [-0.1, -0.05) is 31.2 Å². The average Bonchev–Trinajstić information content (AvgIpc) is 3.56. The Kier molecular flexibility index (Phi) is 7.23. The highest BCUT2D eigenvalue weighted by molar-refractivity contribution is 7.08. The molecule has 6 nitrogen and oxygen atoms in total. The van der Waals surface area contributed by atoms with E-state index in [1.54, 1.807) is 23.5 Å². The Morgan fingerprint density at radius 2 is 1.73 bits per heavy atom. The summed E-state index contributed by atoms with van der Waals surface area (Å²) in [4.78, 5) is 16.9. The van der Waals surface area contributed by atoms with Crippen LogP contribution in [0.3, 0.4) is 0 Å². The van der Waals surface area contributed by atoms with Crippen molar-refractivity contribution in [2.45, 2.75) is 19.9 Å². The number of aryl methyl sites for hydroxylation is 1. The van der Waals surface area contributed by atoms with Gasteiger partial charge in [0.1, 0.15) is 5.75 Å². The number of carbonyl (C=O) groups is 1. The van der Waals surface area contributed by atoms with Crippen LogP contribution in [0.2, 0.25) is 0 Å². The maximum atomic E-state index is 11.9. The van der Waals surface area contributed by atoms with E-state index in [1.807, 2.05) is 25.2 Å². The number of thiophene rings is 1. The number of ether oxygens (including phenoxy) is 2. The molecule has 5 aromatic rings. The number of methoxy groups -OCH3 is 1. The maximum absolute atomic E-state index is 11.9. The molecule has 0 spiro atoms. The average molecular weight is 512 g/mol. The molecular formula is C30H29N3O3S. The van der Waals surface area contributed by atoms with Crippen molar-refractivity contribution in [3.8, 4) is 16.9 Å². The summed E-state index contributed by atoms with van der Waals surface area (Å²) in [5, 5.41) is 4.23. The molecule has 0 saturated heterocycles. The van der Waals surface area contributed by atoms with Crippen LogP contribution < -0.4 is 10.4 Å². The van der Waals surface area contributed by atoms with Gasteiger partial charge in [-0.05, 0) is 76.3 Å². The van der Waals surface area contributed by atoms with E-state index in [9.17, 15) is 4.79 Å². The van der Waals surface area contributed by atoms with Gasteiger partial charge in [0, 0.05) is 13.1 Å². The molecule has 0 bridgehead atoms. The zero-order valence-corrected chi connectivity index (χ0v) is 22.0. The van der Waals surface area contributed by atoms with Crippen LogP contribution in [0.5, 0.6) is 5.75 Å². The number of rotatable bonds is 8. The van der Waals surface area contributed by atoms with Crippen molar-refractivity contribution in [2.75, 3.05) is 13.7 Å².